The maximum absolute atomic E-state index is 6.01. The van der Waals surface area contributed by atoms with Gasteiger partial charge in [0.1, 0.15) is 0 Å². The largest absolute Gasteiger partial charge is 0.348 e. The molecule has 2 fully saturated rings. The summed E-state index contributed by atoms with van der Waals surface area (Å²) >= 11 is 0. The van der Waals surface area contributed by atoms with Crippen molar-refractivity contribution in [2.24, 2.45) is 11.7 Å². The van der Waals surface area contributed by atoms with Crippen molar-refractivity contribution in [3.8, 4) is 0 Å². The van der Waals surface area contributed by atoms with E-state index in [1.165, 1.54) is 25.9 Å². The maximum Gasteiger partial charge on any atom is 0.166 e. The number of likely N-dealkylation sites (tertiary alicyclic amines) is 1. The van der Waals surface area contributed by atoms with Crippen molar-refractivity contribution >= 4 is 0 Å². The molecule has 100 valence electrons. The molecule has 0 aromatic carbocycles. The molecule has 2 saturated heterocycles. The zero-order valence-electron chi connectivity index (χ0n) is 11.2. The SMILES string of the molecule is CN1CCCC(CC2(C)OCC(CCN)O2)C1. The minimum Gasteiger partial charge on any atom is -0.348 e. The van der Waals surface area contributed by atoms with Crippen LogP contribution in [0.3, 0.4) is 0 Å². The first kappa shape index (κ1) is 13.3. The molecule has 2 aliphatic rings. The third-order valence-corrected chi connectivity index (χ3v) is 3.86. The zero-order chi connectivity index (χ0) is 12.3. The first-order valence-electron chi connectivity index (χ1n) is 6.82. The molecule has 4 nitrogen and oxygen atoms in total. The summed E-state index contributed by atoms with van der Waals surface area (Å²) in [5, 5.41) is 0. The first-order chi connectivity index (χ1) is 8.11. The minimum atomic E-state index is -0.372. The molecule has 0 aromatic rings. The van der Waals surface area contributed by atoms with Crippen molar-refractivity contribution in [3.63, 3.8) is 0 Å². The van der Waals surface area contributed by atoms with Crippen molar-refractivity contribution in [2.75, 3.05) is 33.3 Å². The van der Waals surface area contributed by atoms with Crippen molar-refractivity contribution in [2.45, 2.75) is 44.5 Å². The average Bonchev–Trinajstić information content (AvgIpc) is 2.60. The van der Waals surface area contributed by atoms with Gasteiger partial charge in [0, 0.05) is 13.0 Å². The Morgan fingerprint density at radius 3 is 3.00 bits per heavy atom. The molecule has 3 unspecified atom stereocenters. The van der Waals surface area contributed by atoms with Gasteiger partial charge in [0.25, 0.3) is 0 Å². The van der Waals surface area contributed by atoms with Crippen LogP contribution in [0.2, 0.25) is 0 Å². The van der Waals surface area contributed by atoms with Crippen LogP contribution in [-0.4, -0.2) is 50.1 Å². The van der Waals surface area contributed by atoms with E-state index in [0.717, 1.165) is 12.8 Å². The van der Waals surface area contributed by atoms with E-state index in [0.29, 0.717) is 19.1 Å². The summed E-state index contributed by atoms with van der Waals surface area (Å²) in [4.78, 5) is 2.41. The second-order valence-electron chi connectivity index (χ2n) is 5.74. The molecule has 2 N–H and O–H groups in total. The molecule has 17 heavy (non-hydrogen) atoms. The molecular weight excluding hydrogens is 216 g/mol. The van der Waals surface area contributed by atoms with E-state index in [4.69, 9.17) is 15.2 Å². The zero-order valence-corrected chi connectivity index (χ0v) is 11.2. The molecule has 0 aromatic heterocycles. The van der Waals surface area contributed by atoms with E-state index in [2.05, 4.69) is 18.9 Å². The van der Waals surface area contributed by atoms with Crippen LogP contribution in [-0.2, 0) is 9.47 Å². The molecule has 2 rings (SSSR count). The van der Waals surface area contributed by atoms with Gasteiger partial charge in [-0.2, -0.15) is 0 Å². The molecule has 2 heterocycles. The Labute approximate surface area is 104 Å². The third kappa shape index (κ3) is 3.65. The topological polar surface area (TPSA) is 47.7 Å². The summed E-state index contributed by atoms with van der Waals surface area (Å²) in [6, 6.07) is 0. The number of piperidine rings is 1. The lowest BCUT2D eigenvalue weighted by molar-refractivity contribution is -0.168. The monoisotopic (exact) mass is 242 g/mol. The van der Waals surface area contributed by atoms with Gasteiger partial charge >= 0.3 is 0 Å². The molecule has 3 atom stereocenters. The third-order valence-electron chi connectivity index (χ3n) is 3.86. The number of nitrogens with zero attached hydrogens (tertiary/aromatic N) is 1. The standard InChI is InChI=1S/C13H26N2O2/c1-13(16-10-12(17-13)5-6-14)8-11-4-3-7-15(2)9-11/h11-12H,3-10,14H2,1-2H3. The van der Waals surface area contributed by atoms with Crippen molar-refractivity contribution in [3.05, 3.63) is 0 Å². The van der Waals surface area contributed by atoms with E-state index in [1.807, 2.05) is 0 Å². The van der Waals surface area contributed by atoms with Crippen LogP contribution in [0.1, 0.15) is 32.6 Å². The van der Waals surface area contributed by atoms with Crippen LogP contribution in [0.15, 0.2) is 0 Å². The molecule has 0 saturated carbocycles. The molecule has 0 spiro atoms. The Hall–Kier alpha value is -0.160. The fraction of sp³-hybridized carbons (Fsp3) is 1.00. The fourth-order valence-electron chi connectivity index (χ4n) is 3.09. The molecule has 2 aliphatic heterocycles. The Balaban J connectivity index is 1.81. The van der Waals surface area contributed by atoms with Gasteiger partial charge in [0.05, 0.1) is 12.7 Å². The van der Waals surface area contributed by atoms with E-state index >= 15 is 0 Å². The van der Waals surface area contributed by atoms with Gasteiger partial charge in [-0.15, -0.1) is 0 Å². The van der Waals surface area contributed by atoms with Gasteiger partial charge in [0.15, 0.2) is 5.79 Å². The highest BCUT2D eigenvalue weighted by atomic mass is 16.7. The summed E-state index contributed by atoms with van der Waals surface area (Å²) in [5.41, 5.74) is 5.56. The van der Waals surface area contributed by atoms with Gasteiger partial charge in [-0.1, -0.05) is 0 Å². The summed E-state index contributed by atoms with van der Waals surface area (Å²) in [7, 11) is 2.20. The number of nitrogens with two attached hydrogens (primary N) is 1. The molecular formula is C13H26N2O2. The lowest BCUT2D eigenvalue weighted by Gasteiger charge is -2.34. The Bertz CT molecular complexity index is 250. The van der Waals surface area contributed by atoms with Gasteiger partial charge in [0.2, 0.25) is 0 Å². The summed E-state index contributed by atoms with van der Waals surface area (Å²) in [5.74, 6) is 0.332. The highest BCUT2D eigenvalue weighted by molar-refractivity contribution is 4.81. The lowest BCUT2D eigenvalue weighted by Crippen LogP contribution is -2.38. The molecule has 0 aliphatic carbocycles. The van der Waals surface area contributed by atoms with Crippen LogP contribution in [0.25, 0.3) is 0 Å². The number of hydrogen-bond donors (Lipinski definition) is 1. The van der Waals surface area contributed by atoms with Crippen LogP contribution in [0.5, 0.6) is 0 Å². The van der Waals surface area contributed by atoms with Gasteiger partial charge < -0.3 is 20.1 Å². The van der Waals surface area contributed by atoms with Crippen LogP contribution in [0.4, 0.5) is 0 Å². The highest BCUT2D eigenvalue weighted by Crippen LogP contribution is 2.33. The Morgan fingerprint density at radius 1 is 1.47 bits per heavy atom. The molecule has 4 heteroatoms. The Kier molecular flexibility index (Phi) is 4.42. The van der Waals surface area contributed by atoms with Crippen LogP contribution < -0.4 is 5.73 Å². The number of hydrogen-bond acceptors (Lipinski definition) is 4. The van der Waals surface area contributed by atoms with Crippen LogP contribution >= 0.6 is 0 Å². The van der Waals surface area contributed by atoms with Gasteiger partial charge in [-0.05, 0) is 52.2 Å². The summed E-state index contributed by atoms with van der Waals surface area (Å²) < 4.78 is 11.9. The molecule has 0 radical (unpaired) electrons. The second kappa shape index (κ2) is 5.65. The van der Waals surface area contributed by atoms with E-state index in [1.54, 1.807) is 0 Å². The second-order valence-corrected chi connectivity index (χ2v) is 5.74. The quantitative estimate of drug-likeness (QED) is 0.804. The smallest absolute Gasteiger partial charge is 0.166 e. The Morgan fingerprint density at radius 2 is 2.29 bits per heavy atom. The minimum absolute atomic E-state index is 0.200. The van der Waals surface area contributed by atoms with E-state index < -0.39 is 0 Å². The highest BCUT2D eigenvalue weighted by Gasteiger charge is 2.39. The molecule has 0 amide bonds. The fourth-order valence-corrected chi connectivity index (χ4v) is 3.09. The van der Waals surface area contributed by atoms with Crippen molar-refractivity contribution in [1.29, 1.82) is 0 Å². The summed E-state index contributed by atoms with van der Waals surface area (Å²) in [6.45, 7) is 5.86. The van der Waals surface area contributed by atoms with Crippen molar-refractivity contribution in [1.82, 2.24) is 4.90 Å². The predicted octanol–water partition coefficient (Wildman–Crippen LogP) is 1.20. The van der Waals surface area contributed by atoms with Gasteiger partial charge in [-0.3, -0.25) is 0 Å². The average molecular weight is 242 g/mol. The lowest BCUT2D eigenvalue weighted by atomic mass is 9.91. The summed E-state index contributed by atoms with van der Waals surface area (Å²) in [6.07, 6.45) is 4.71. The van der Waals surface area contributed by atoms with Crippen molar-refractivity contribution < 1.29 is 9.47 Å². The first-order valence-corrected chi connectivity index (χ1v) is 6.82. The normalized spacial score (nSPS) is 39.7. The van der Waals surface area contributed by atoms with E-state index in [-0.39, 0.29) is 11.9 Å². The maximum atomic E-state index is 6.01. The molecule has 0 bridgehead atoms. The predicted molar refractivity (Wildman–Crippen MR) is 67.7 cm³/mol. The van der Waals surface area contributed by atoms with Crippen LogP contribution in [0, 0.1) is 5.92 Å². The number of ether oxygens (including phenoxy) is 2. The van der Waals surface area contributed by atoms with E-state index in [9.17, 15) is 0 Å². The number of rotatable bonds is 4. The van der Waals surface area contributed by atoms with Gasteiger partial charge in [-0.25, -0.2) is 0 Å².